The summed E-state index contributed by atoms with van der Waals surface area (Å²) >= 11 is 0. The topological polar surface area (TPSA) is 84.2 Å². The van der Waals surface area contributed by atoms with Gasteiger partial charge in [-0.05, 0) is 29.7 Å². The number of nitrogens with zero attached hydrogens (tertiary/aromatic N) is 1. The molecule has 3 atom stereocenters. The second kappa shape index (κ2) is 9.22. The quantitative estimate of drug-likeness (QED) is 0.670. The standard InChI is InChI=1S/C21H23N3O4/c1-22-17-6-4-3-5-15(17)12-24-21(26)28-20-18(23-13-19(20)25)11-14-7-9-16(27-2)10-8-14/h3-10,18-20,23,25H,11-13H2,2H3,(H,24,26)/t18-,19+,20+/m1/s1. The number of β-amino-alcohol motifs (C(OH)–C–C–N with tert-alkyl or cyclic N) is 1. The second-order valence-electron chi connectivity index (χ2n) is 6.60. The third-order valence-electron chi connectivity index (χ3n) is 4.76. The highest BCUT2D eigenvalue weighted by Crippen LogP contribution is 2.20. The van der Waals surface area contributed by atoms with E-state index in [0.717, 1.165) is 11.3 Å². The zero-order chi connectivity index (χ0) is 19.9. The maximum atomic E-state index is 12.2. The minimum absolute atomic E-state index is 0.190. The Balaban J connectivity index is 1.57. The van der Waals surface area contributed by atoms with Crippen molar-refractivity contribution >= 4 is 11.8 Å². The molecule has 0 unspecified atom stereocenters. The SMILES string of the molecule is [C-]#[N+]c1ccccc1CNC(=O)O[C@@H]1[C@@H](O)CN[C@@H]1Cc1ccc(OC)cc1. The van der Waals surface area contributed by atoms with Gasteiger partial charge in [0.05, 0.1) is 19.7 Å². The maximum absolute atomic E-state index is 12.2. The number of aliphatic hydroxyl groups is 1. The second-order valence-corrected chi connectivity index (χ2v) is 6.60. The van der Waals surface area contributed by atoms with Crippen molar-refractivity contribution in [2.24, 2.45) is 0 Å². The van der Waals surface area contributed by atoms with Gasteiger partial charge >= 0.3 is 6.09 Å². The van der Waals surface area contributed by atoms with Crippen molar-refractivity contribution in [1.29, 1.82) is 0 Å². The predicted octanol–water partition coefficient (Wildman–Crippen LogP) is 2.42. The minimum Gasteiger partial charge on any atom is -0.497 e. The summed E-state index contributed by atoms with van der Waals surface area (Å²) in [6, 6.07) is 14.5. The summed E-state index contributed by atoms with van der Waals surface area (Å²) in [4.78, 5) is 15.7. The number of amides is 1. The number of para-hydroxylation sites is 1. The molecule has 146 valence electrons. The lowest BCUT2D eigenvalue weighted by molar-refractivity contribution is 0.0188. The van der Waals surface area contributed by atoms with E-state index < -0.39 is 18.3 Å². The summed E-state index contributed by atoms with van der Waals surface area (Å²) in [6.07, 6.45) is -1.44. The summed E-state index contributed by atoms with van der Waals surface area (Å²) < 4.78 is 10.6. The number of methoxy groups -OCH3 is 1. The number of hydrogen-bond acceptors (Lipinski definition) is 5. The van der Waals surface area contributed by atoms with Crippen molar-refractivity contribution < 1.29 is 19.4 Å². The van der Waals surface area contributed by atoms with Crippen LogP contribution in [0, 0.1) is 6.57 Å². The highest BCUT2D eigenvalue weighted by molar-refractivity contribution is 5.68. The van der Waals surface area contributed by atoms with Crippen LogP contribution >= 0.6 is 0 Å². The Labute approximate surface area is 164 Å². The fourth-order valence-electron chi connectivity index (χ4n) is 3.24. The van der Waals surface area contributed by atoms with Crippen molar-refractivity contribution in [2.45, 2.75) is 31.2 Å². The van der Waals surface area contributed by atoms with Crippen molar-refractivity contribution in [2.75, 3.05) is 13.7 Å². The molecule has 1 aliphatic heterocycles. The van der Waals surface area contributed by atoms with Crippen LogP contribution in [0.5, 0.6) is 5.75 Å². The predicted molar refractivity (Wildman–Crippen MR) is 104 cm³/mol. The first-order valence-corrected chi connectivity index (χ1v) is 9.05. The normalized spacial score (nSPS) is 21.0. The van der Waals surface area contributed by atoms with Crippen molar-refractivity contribution in [3.8, 4) is 5.75 Å². The first kappa shape index (κ1) is 19.7. The number of aliphatic hydroxyl groups excluding tert-OH is 1. The van der Waals surface area contributed by atoms with Crippen LogP contribution < -0.4 is 15.4 Å². The fourth-order valence-corrected chi connectivity index (χ4v) is 3.24. The van der Waals surface area contributed by atoms with Gasteiger partial charge < -0.3 is 25.2 Å². The number of nitrogens with one attached hydrogen (secondary N) is 2. The van der Waals surface area contributed by atoms with Gasteiger partial charge in [-0.25, -0.2) is 9.64 Å². The summed E-state index contributed by atoms with van der Waals surface area (Å²) in [5.41, 5.74) is 2.25. The molecular weight excluding hydrogens is 358 g/mol. The lowest BCUT2D eigenvalue weighted by Crippen LogP contribution is -2.41. The Morgan fingerprint density at radius 1 is 1.29 bits per heavy atom. The van der Waals surface area contributed by atoms with E-state index in [1.807, 2.05) is 30.3 Å². The van der Waals surface area contributed by atoms with E-state index in [-0.39, 0.29) is 12.6 Å². The fraction of sp³-hybridized carbons (Fsp3) is 0.333. The Hall–Kier alpha value is -3.08. The lowest BCUT2D eigenvalue weighted by Gasteiger charge is -2.22. The highest BCUT2D eigenvalue weighted by Gasteiger charge is 2.37. The van der Waals surface area contributed by atoms with Crippen LogP contribution in [0.3, 0.4) is 0 Å². The molecule has 0 aliphatic carbocycles. The third kappa shape index (κ3) is 4.80. The van der Waals surface area contributed by atoms with Gasteiger partial charge in [-0.3, -0.25) is 0 Å². The number of carbonyl (C=O) groups is 1. The van der Waals surface area contributed by atoms with Crippen molar-refractivity contribution in [3.05, 3.63) is 71.1 Å². The van der Waals surface area contributed by atoms with E-state index in [0.29, 0.717) is 24.2 Å². The minimum atomic E-state index is -0.774. The molecule has 7 heteroatoms. The van der Waals surface area contributed by atoms with Crippen LogP contribution in [0.2, 0.25) is 0 Å². The molecule has 0 spiro atoms. The molecule has 1 fully saturated rings. The van der Waals surface area contributed by atoms with Gasteiger partial charge in [0.15, 0.2) is 5.69 Å². The van der Waals surface area contributed by atoms with Gasteiger partial charge in [-0.1, -0.05) is 36.4 Å². The van der Waals surface area contributed by atoms with E-state index >= 15 is 0 Å². The van der Waals surface area contributed by atoms with Crippen molar-refractivity contribution in [1.82, 2.24) is 10.6 Å². The molecule has 1 saturated heterocycles. The maximum Gasteiger partial charge on any atom is 0.407 e. The Kier molecular flexibility index (Phi) is 6.48. The molecule has 0 aromatic heterocycles. The van der Waals surface area contributed by atoms with Crippen LogP contribution in [0.15, 0.2) is 48.5 Å². The molecule has 0 saturated carbocycles. The van der Waals surface area contributed by atoms with Crippen LogP contribution in [0.25, 0.3) is 4.85 Å². The van der Waals surface area contributed by atoms with E-state index in [9.17, 15) is 9.90 Å². The van der Waals surface area contributed by atoms with Crippen LogP contribution in [-0.4, -0.2) is 43.1 Å². The summed E-state index contributed by atoms with van der Waals surface area (Å²) in [7, 11) is 1.61. The number of rotatable bonds is 6. The van der Waals surface area contributed by atoms with E-state index in [1.54, 1.807) is 25.3 Å². The first-order valence-electron chi connectivity index (χ1n) is 9.05. The third-order valence-corrected chi connectivity index (χ3v) is 4.76. The van der Waals surface area contributed by atoms with Gasteiger partial charge in [0.2, 0.25) is 0 Å². The Bertz CT molecular complexity index is 847. The molecule has 0 radical (unpaired) electrons. The van der Waals surface area contributed by atoms with Gasteiger partial charge in [0, 0.05) is 13.1 Å². The van der Waals surface area contributed by atoms with Gasteiger partial charge in [0.25, 0.3) is 0 Å². The monoisotopic (exact) mass is 381 g/mol. The summed E-state index contributed by atoms with van der Waals surface area (Å²) in [5.74, 6) is 0.773. The molecule has 28 heavy (non-hydrogen) atoms. The number of carbonyl (C=O) groups excluding carboxylic acids is 1. The molecule has 3 N–H and O–H groups in total. The van der Waals surface area contributed by atoms with Crippen LogP contribution in [0.1, 0.15) is 11.1 Å². The number of ether oxygens (including phenoxy) is 2. The van der Waals surface area contributed by atoms with Crippen LogP contribution in [0.4, 0.5) is 10.5 Å². The number of hydrogen-bond donors (Lipinski definition) is 3. The van der Waals surface area contributed by atoms with Gasteiger partial charge in [-0.15, -0.1) is 0 Å². The number of benzene rings is 2. The average Bonchev–Trinajstić information content (AvgIpc) is 3.06. The zero-order valence-corrected chi connectivity index (χ0v) is 15.6. The average molecular weight is 381 g/mol. The van der Waals surface area contributed by atoms with E-state index in [1.165, 1.54) is 0 Å². The molecule has 1 amide bonds. The Morgan fingerprint density at radius 2 is 2.04 bits per heavy atom. The largest absolute Gasteiger partial charge is 0.497 e. The molecule has 2 aromatic carbocycles. The van der Waals surface area contributed by atoms with Gasteiger partial charge in [-0.2, -0.15) is 0 Å². The molecule has 1 heterocycles. The highest BCUT2D eigenvalue weighted by atomic mass is 16.6. The first-order chi connectivity index (χ1) is 13.6. The van der Waals surface area contributed by atoms with E-state index in [4.69, 9.17) is 16.0 Å². The molecule has 1 aliphatic rings. The summed E-state index contributed by atoms with van der Waals surface area (Å²) in [5, 5.41) is 16.1. The molecule has 7 nitrogen and oxygen atoms in total. The van der Waals surface area contributed by atoms with Crippen molar-refractivity contribution in [3.63, 3.8) is 0 Å². The van der Waals surface area contributed by atoms with E-state index in [2.05, 4.69) is 15.5 Å². The zero-order valence-electron chi connectivity index (χ0n) is 15.6. The molecular formula is C21H23N3O4. The molecule has 3 rings (SSSR count). The smallest absolute Gasteiger partial charge is 0.407 e. The summed E-state index contributed by atoms with van der Waals surface area (Å²) in [6.45, 7) is 7.72. The lowest BCUT2D eigenvalue weighted by atomic mass is 10.0. The molecule has 0 bridgehead atoms. The van der Waals surface area contributed by atoms with Crippen LogP contribution in [-0.2, 0) is 17.7 Å². The molecule has 2 aromatic rings. The Morgan fingerprint density at radius 3 is 2.75 bits per heavy atom. The van der Waals surface area contributed by atoms with Gasteiger partial charge in [0.1, 0.15) is 18.0 Å². The number of alkyl carbamates (subject to hydrolysis) is 1.